The van der Waals surface area contributed by atoms with Crippen LogP contribution in [0.15, 0.2) is 47.4 Å². The highest BCUT2D eigenvalue weighted by Crippen LogP contribution is 2.31. The average Bonchev–Trinajstić information content (AvgIpc) is 2.94. The zero-order valence-corrected chi connectivity index (χ0v) is 17.9. The number of hydrogen-bond acceptors (Lipinski definition) is 4. The van der Waals surface area contributed by atoms with Crippen LogP contribution in [-0.2, 0) is 16.0 Å². The summed E-state index contributed by atoms with van der Waals surface area (Å²) in [6.07, 6.45) is 1.83. The summed E-state index contributed by atoms with van der Waals surface area (Å²) in [6, 6.07) is 12.7. The summed E-state index contributed by atoms with van der Waals surface area (Å²) in [5, 5.41) is 3.18. The van der Waals surface area contributed by atoms with Gasteiger partial charge in [0.25, 0.3) is 11.1 Å². The molecule has 0 radical (unpaired) electrons. The fourth-order valence-electron chi connectivity index (χ4n) is 2.71. The Morgan fingerprint density at radius 3 is 2.52 bits per heavy atom. The molecule has 1 aliphatic heterocycles. The maximum absolute atomic E-state index is 12.5. The number of carbonyl (C=O) groups is 3. The molecule has 1 fully saturated rings. The second kappa shape index (κ2) is 9.48. The highest BCUT2D eigenvalue weighted by atomic mass is 35.5. The topological polar surface area (TPSA) is 66.5 Å². The molecule has 3 rings (SSSR count). The largest absolute Gasteiger partial charge is 0.354 e. The van der Waals surface area contributed by atoms with Gasteiger partial charge in [-0.1, -0.05) is 59.1 Å². The number of imide groups is 1. The summed E-state index contributed by atoms with van der Waals surface area (Å²) < 4.78 is 0. The van der Waals surface area contributed by atoms with Gasteiger partial charge in [0.1, 0.15) is 0 Å². The number of amides is 3. The van der Waals surface area contributed by atoms with E-state index in [9.17, 15) is 14.4 Å². The highest BCUT2D eigenvalue weighted by Gasteiger charge is 2.34. The van der Waals surface area contributed by atoms with Gasteiger partial charge in [0.2, 0.25) is 5.91 Å². The van der Waals surface area contributed by atoms with E-state index in [1.807, 2.05) is 31.2 Å². The Morgan fingerprint density at radius 1 is 1.10 bits per heavy atom. The minimum absolute atomic E-state index is 0.114. The van der Waals surface area contributed by atoms with Gasteiger partial charge in [-0.05, 0) is 48.0 Å². The standard InChI is InChI=1S/C21H18Cl2N2O3S/c1-13-2-4-14(5-3-13)11-18-20(27)25(21(28)29-18)9-8-24-19(26)12-15-6-7-16(22)17(23)10-15/h2-7,10-11H,8-9,12H2,1H3,(H,24,26). The molecule has 1 heterocycles. The highest BCUT2D eigenvalue weighted by molar-refractivity contribution is 8.18. The molecule has 2 aromatic carbocycles. The minimum Gasteiger partial charge on any atom is -0.354 e. The van der Waals surface area contributed by atoms with Gasteiger partial charge in [-0.2, -0.15) is 0 Å². The normalized spacial score (nSPS) is 15.3. The third-order valence-corrected chi connectivity index (χ3v) is 5.90. The Hall–Kier alpha value is -2.28. The van der Waals surface area contributed by atoms with Crippen molar-refractivity contribution in [3.8, 4) is 0 Å². The van der Waals surface area contributed by atoms with Crippen molar-refractivity contribution in [2.45, 2.75) is 13.3 Å². The van der Waals surface area contributed by atoms with E-state index in [0.29, 0.717) is 15.0 Å². The van der Waals surface area contributed by atoms with Gasteiger partial charge in [-0.15, -0.1) is 0 Å². The van der Waals surface area contributed by atoms with Crippen LogP contribution in [0, 0.1) is 6.92 Å². The van der Waals surface area contributed by atoms with Crippen LogP contribution in [-0.4, -0.2) is 35.0 Å². The molecule has 0 aliphatic carbocycles. The number of aryl methyl sites for hydroxylation is 1. The SMILES string of the molecule is Cc1ccc(C=C2SC(=O)N(CCNC(=O)Cc3ccc(Cl)c(Cl)c3)C2=O)cc1. The molecule has 150 valence electrons. The lowest BCUT2D eigenvalue weighted by Crippen LogP contribution is -2.37. The van der Waals surface area contributed by atoms with Gasteiger partial charge in [-0.25, -0.2) is 0 Å². The predicted molar refractivity (Wildman–Crippen MR) is 117 cm³/mol. The Balaban J connectivity index is 1.53. The van der Waals surface area contributed by atoms with Crippen LogP contribution in [0.25, 0.3) is 6.08 Å². The Morgan fingerprint density at radius 2 is 1.83 bits per heavy atom. The molecule has 8 heteroatoms. The smallest absolute Gasteiger partial charge is 0.293 e. The van der Waals surface area contributed by atoms with E-state index >= 15 is 0 Å². The van der Waals surface area contributed by atoms with E-state index < -0.39 is 0 Å². The third-order valence-electron chi connectivity index (χ3n) is 4.25. The summed E-state index contributed by atoms with van der Waals surface area (Å²) in [7, 11) is 0. The van der Waals surface area contributed by atoms with Crippen LogP contribution in [0.2, 0.25) is 10.0 Å². The van der Waals surface area contributed by atoms with Crippen molar-refractivity contribution in [1.29, 1.82) is 0 Å². The Bertz CT molecular complexity index is 990. The fraction of sp³-hybridized carbons (Fsp3) is 0.190. The van der Waals surface area contributed by atoms with Gasteiger partial charge >= 0.3 is 0 Å². The van der Waals surface area contributed by atoms with Crippen molar-refractivity contribution in [3.63, 3.8) is 0 Å². The molecule has 1 saturated heterocycles. The number of benzene rings is 2. The number of halogens is 2. The quantitative estimate of drug-likeness (QED) is 0.650. The van der Waals surface area contributed by atoms with Crippen molar-refractivity contribution in [1.82, 2.24) is 10.2 Å². The van der Waals surface area contributed by atoms with Crippen molar-refractivity contribution in [3.05, 3.63) is 74.1 Å². The number of nitrogens with zero attached hydrogens (tertiary/aromatic N) is 1. The van der Waals surface area contributed by atoms with E-state index in [1.165, 1.54) is 0 Å². The second-order valence-corrected chi connectivity index (χ2v) is 8.33. The monoisotopic (exact) mass is 448 g/mol. The van der Waals surface area contributed by atoms with E-state index in [-0.39, 0.29) is 36.6 Å². The van der Waals surface area contributed by atoms with Gasteiger partial charge in [0.15, 0.2) is 0 Å². The van der Waals surface area contributed by atoms with Crippen molar-refractivity contribution in [2.75, 3.05) is 13.1 Å². The third kappa shape index (κ3) is 5.63. The number of rotatable bonds is 6. The predicted octanol–water partition coefficient (Wildman–Crippen LogP) is 4.70. The molecule has 3 amide bonds. The number of thioether (sulfide) groups is 1. The molecule has 2 aromatic rings. The molecule has 0 spiro atoms. The van der Waals surface area contributed by atoms with Crippen LogP contribution >= 0.6 is 35.0 Å². The number of nitrogens with one attached hydrogen (secondary N) is 1. The maximum Gasteiger partial charge on any atom is 0.293 e. The summed E-state index contributed by atoms with van der Waals surface area (Å²) in [5.74, 6) is -0.579. The van der Waals surface area contributed by atoms with Crippen LogP contribution in [0.4, 0.5) is 4.79 Å². The molecule has 1 N–H and O–H groups in total. The minimum atomic E-state index is -0.348. The molecule has 5 nitrogen and oxygen atoms in total. The van der Waals surface area contributed by atoms with E-state index in [0.717, 1.165) is 33.4 Å². The van der Waals surface area contributed by atoms with E-state index in [4.69, 9.17) is 23.2 Å². The molecule has 1 aliphatic rings. The van der Waals surface area contributed by atoms with Crippen LogP contribution in [0.3, 0.4) is 0 Å². The van der Waals surface area contributed by atoms with E-state index in [2.05, 4.69) is 5.32 Å². The fourth-order valence-corrected chi connectivity index (χ4v) is 3.90. The first-order valence-corrected chi connectivity index (χ1v) is 10.4. The maximum atomic E-state index is 12.5. The van der Waals surface area contributed by atoms with Gasteiger partial charge in [-0.3, -0.25) is 19.3 Å². The summed E-state index contributed by atoms with van der Waals surface area (Å²) in [6.45, 7) is 2.27. The first kappa shape index (κ1) is 21.4. The molecule has 29 heavy (non-hydrogen) atoms. The molecule has 0 bridgehead atoms. The second-order valence-electron chi connectivity index (χ2n) is 6.52. The first-order chi connectivity index (χ1) is 13.8. The molecular weight excluding hydrogens is 431 g/mol. The first-order valence-electron chi connectivity index (χ1n) is 8.86. The molecule has 0 unspecified atom stereocenters. The molecule has 0 saturated carbocycles. The summed E-state index contributed by atoms with van der Waals surface area (Å²) in [4.78, 5) is 38.3. The van der Waals surface area contributed by atoms with E-state index in [1.54, 1.807) is 24.3 Å². The zero-order valence-electron chi connectivity index (χ0n) is 15.6. The summed E-state index contributed by atoms with van der Waals surface area (Å²) >= 11 is 12.7. The lowest BCUT2D eigenvalue weighted by Gasteiger charge is -2.13. The van der Waals surface area contributed by atoms with Crippen LogP contribution < -0.4 is 5.32 Å². The van der Waals surface area contributed by atoms with Gasteiger partial charge in [0.05, 0.1) is 21.4 Å². The van der Waals surface area contributed by atoms with Crippen molar-refractivity contribution >= 4 is 58.1 Å². The summed E-state index contributed by atoms with van der Waals surface area (Å²) in [5.41, 5.74) is 2.70. The molecule has 0 aromatic heterocycles. The Labute approximate surface area is 183 Å². The number of hydrogen-bond donors (Lipinski definition) is 1. The van der Waals surface area contributed by atoms with Gasteiger partial charge < -0.3 is 5.32 Å². The lowest BCUT2D eigenvalue weighted by atomic mass is 10.1. The van der Waals surface area contributed by atoms with Crippen LogP contribution in [0.1, 0.15) is 16.7 Å². The van der Waals surface area contributed by atoms with Crippen molar-refractivity contribution < 1.29 is 14.4 Å². The van der Waals surface area contributed by atoms with Gasteiger partial charge in [0, 0.05) is 13.1 Å². The van der Waals surface area contributed by atoms with Crippen molar-refractivity contribution in [2.24, 2.45) is 0 Å². The van der Waals surface area contributed by atoms with Crippen LogP contribution in [0.5, 0.6) is 0 Å². The molecular formula is C21H18Cl2N2O3S. The average molecular weight is 449 g/mol. The Kier molecular flexibility index (Phi) is 7.00. The molecule has 0 atom stereocenters. The zero-order chi connectivity index (χ0) is 21.0. The number of carbonyl (C=O) groups excluding carboxylic acids is 3. The lowest BCUT2D eigenvalue weighted by molar-refractivity contribution is -0.124.